The third-order valence-corrected chi connectivity index (χ3v) is 9.46. The fourth-order valence-electron chi connectivity index (χ4n) is 7.22. The molecule has 0 saturated heterocycles. The Labute approximate surface area is 287 Å². The molecule has 6 nitrogen and oxygen atoms in total. The molecule has 0 aliphatic carbocycles. The second kappa shape index (κ2) is 11.4. The van der Waals surface area contributed by atoms with Gasteiger partial charge in [-0.05, 0) is 78.2 Å². The molecule has 0 bridgehead atoms. The van der Waals surface area contributed by atoms with Gasteiger partial charge in [0.1, 0.15) is 0 Å². The Balaban J connectivity index is 1.23. The van der Waals surface area contributed by atoms with Crippen LogP contribution >= 0.6 is 0 Å². The summed E-state index contributed by atoms with van der Waals surface area (Å²) in [7, 11) is 0. The van der Waals surface area contributed by atoms with E-state index in [4.69, 9.17) is 9.97 Å². The molecule has 0 saturated carbocycles. The summed E-state index contributed by atoms with van der Waals surface area (Å²) in [6, 6.07) is 52.6. The first-order chi connectivity index (χ1) is 24.8. The number of rotatable bonds is 5. The SMILES string of the molecule is c1ccc(-n2ccc3c4c(ccc5c6ccccc6n(-c6cccc(-c7nc(-c8ccccn8)cc(-c8ccccn8)n7)c6)c54)ccc32)cc1. The number of benzene rings is 5. The molecule has 234 valence electrons. The zero-order valence-electron chi connectivity index (χ0n) is 26.8. The van der Waals surface area contributed by atoms with Crippen molar-refractivity contribution in [3.63, 3.8) is 0 Å². The van der Waals surface area contributed by atoms with Gasteiger partial charge in [0.15, 0.2) is 5.82 Å². The van der Waals surface area contributed by atoms with Crippen LogP contribution in [0.2, 0.25) is 0 Å². The molecule has 10 rings (SSSR count). The Hall–Kier alpha value is -6.92. The molecule has 0 fully saturated rings. The first-order valence-electron chi connectivity index (χ1n) is 16.6. The minimum atomic E-state index is 0.614. The van der Waals surface area contributed by atoms with Gasteiger partial charge < -0.3 is 9.13 Å². The van der Waals surface area contributed by atoms with Crippen LogP contribution in [0.1, 0.15) is 0 Å². The van der Waals surface area contributed by atoms with E-state index in [2.05, 4.69) is 134 Å². The van der Waals surface area contributed by atoms with Crippen molar-refractivity contribution in [2.75, 3.05) is 0 Å². The predicted molar refractivity (Wildman–Crippen MR) is 203 cm³/mol. The van der Waals surface area contributed by atoms with E-state index in [1.165, 1.54) is 38.0 Å². The molecule has 0 unspecified atom stereocenters. The summed E-state index contributed by atoms with van der Waals surface area (Å²) in [6.45, 7) is 0. The van der Waals surface area contributed by atoms with Crippen LogP contribution in [0.5, 0.6) is 0 Å². The summed E-state index contributed by atoms with van der Waals surface area (Å²) < 4.78 is 4.67. The number of hydrogen-bond acceptors (Lipinski definition) is 4. The summed E-state index contributed by atoms with van der Waals surface area (Å²) in [5.74, 6) is 0.614. The highest BCUT2D eigenvalue weighted by Crippen LogP contribution is 2.40. The molecule has 50 heavy (non-hydrogen) atoms. The van der Waals surface area contributed by atoms with E-state index in [9.17, 15) is 0 Å². The molecule has 0 atom stereocenters. The molecule has 5 aromatic heterocycles. The summed E-state index contributed by atoms with van der Waals surface area (Å²) in [6.07, 6.45) is 5.75. The Morgan fingerprint density at radius 3 is 1.90 bits per heavy atom. The van der Waals surface area contributed by atoms with Crippen molar-refractivity contribution >= 4 is 43.5 Å². The Kier molecular flexibility index (Phi) is 6.39. The first kappa shape index (κ1) is 28.1. The van der Waals surface area contributed by atoms with Crippen molar-refractivity contribution in [2.45, 2.75) is 0 Å². The van der Waals surface area contributed by atoms with Crippen LogP contribution in [0.4, 0.5) is 0 Å². The third-order valence-electron chi connectivity index (χ3n) is 9.46. The molecule has 0 aliphatic rings. The largest absolute Gasteiger partial charge is 0.317 e. The molecule has 5 aromatic carbocycles. The van der Waals surface area contributed by atoms with Crippen LogP contribution in [0.15, 0.2) is 170 Å². The van der Waals surface area contributed by atoms with Gasteiger partial charge in [-0.1, -0.05) is 78.9 Å². The normalized spacial score (nSPS) is 11.6. The molecular formula is C44H28N6. The minimum absolute atomic E-state index is 0.614. The van der Waals surface area contributed by atoms with Gasteiger partial charge in [-0.25, -0.2) is 9.97 Å². The highest BCUT2D eigenvalue weighted by molar-refractivity contribution is 6.25. The van der Waals surface area contributed by atoms with Crippen LogP contribution in [0.3, 0.4) is 0 Å². The fourth-order valence-corrected chi connectivity index (χ4v) is 7.22. The predicted octanol–water partition coefficient (Wildman–Crippen LogP) is 10.5. The number of para-hydroxylation sites is 2. The molecule has 0 radical (unpaired) electrons. The monoisotopic (exact) mass is 640 g/mol. The number of hydrogen-bond donors (Lipinski definition) is 0. The molecule has 6 heteroatoms. The smallest absolute Gasteiger partial charge is 0.160 e. The lowest BCUT2D eigenvalue weighted by molar-refractivity contribution is 1.13. The minimum Gasteiger partial charge on any atom is -0.317 e. The van der Waals surface area contributed by atoms with Gasteiger partial charge in [-0.2, -0.15) is 0 Å². The topological polar surface area (TPSA) is 61.4 Å². The van der Waals surface area contributed by atoms with E-state index >= 15 is 0 Å². The van der Waals surface area contributed by atoms with Crippen molar-refractivity contribution < 1.29 is 0 Å². The van der Waals surface area contributed by atoms with Gasteiger partial charge in [-0.3, -0.25) is 9.97 Å². The van der Waals surface area contributed by atoms with E-state index in [1.807, 2.05) is 42.5 Å². The second-order valence-corrected chi connectivity index (χ2v) is 12.4. The van der Waals surface area contributed by atoms with Gasteiger partial charge in [0.25, 0.3) is 0 Å². The molecule has 0 spiro atoms. The lowest BCUT2D eigenvalue weighted by atomic mass is 10.0. The molecule has 10 aromatic rings. The highest BCUT2D eigenvalue weighted by Gasteiger charge is 2.19. The standard InChI is InChI=1S/C44H28N6/c1-2-12-31(13-3-1)49-26-23-35-40(49)22-20-29-19-21-34-33-15-4-5-18-41(33)50(43(34)42(29)35)32-14-10-11-30(27-32)44-47-38(36-16-6-8-24-45-36)28-39(48-44)37-17-7-9-25-46-37/h1-28H. The Morgan fingerprint density at radius 1 is 0.440 bits per heavy atom. The molecule has 0 N–H and O–H groups in total. The molecule has 0 amide bonds. The van der Waals surface area contributed by atoms with Crippen LogP contribution < -0.4 is 0 Å². The fraction of sp³-hybridized carbons (Fsp3) is 0. The molecule has 5 heterocycles. The number of aromatic nitrogens is 6. The van der Waals surface area contributed by atoms with Gasteiger partial charge in [-0.15, -0.1) is 0 Å². The maximum absolute atomic E-state index is 5.06. The molecular weight excluding hydrogens is 613 g/mol. The second-order valence-electron chi connectivity index (χ2n) is 12.4. The summed E-state index contributed by atoms with van der Waals surface area (Å²) >= 11 is 0. The van der Waals surface area contributed by atoms with E-state index in [0.29, 0.717) is 5.82 Å². The van der Waals surface area contributed by atoms with Crippen LogP contribution in [0, 0.1) is 0 Å². The van der Waals surface area contributed by atoms with Crippen molar-refractivity contribution in [3.05, 3.63) is 170 Å². The Morgan fingerprint density at radius 2 is 1.14 bits per heavy atom. The van der Waals surface area contributed by atoms with E-state index in [-0.39, 0.29) is 0 Å². The Bertz CT molecular complexity index is 2800. The highest BCUT2D eigenvalue weighted by atomic mass is 15.0. The lowest BCUT2D eigenvalue weighted by Gasteiger charge is -2.13. The zero-order valence-corrected chi connectivity index (χ0v) is 26.8. The van der Waals surface area contributed by atoms with Crippen LogP contribution in [-0.2, 0) is 0 Å². The average molecular weight is 641 g/mol. The van der Waals surface area contributed by atoms with Crippen LogP contribution in [0.25, 0.3) is 89.0 Å². The van der Waals surface area contributed by atoms with Gasteiger partial charge in [0.05, 0.1) is 39.3 Å². The summed E-state index contributed by atoms with van der Waals surface area (Å²) in [5.41, 5.74) is 9.62. The lowest BCUT2D eigenvalue weighted by Crippen LogP contribution is -1.99. The van der Waals surface area contributed by atoms with Gasteiger partial charge in [0.2, 0.25) is 0 Å². The quantitative estimate of drug-likeness (QED) is 0.188. The average Bonchev–Trinajstić information content (AvgIpc) is 3.79. The third kappa shape index (κ3) is 4.50. The maximum atomic E-state index is 5.06. The van der Waals surface area contributed by atoms with E-state index in [1.54, 1.807) is 12.4 Å². The number of fused-ring (bicyclic) bond motifs is 7. The molecule has 0 aliphatic heterocycles. The van der Waals surface area contributed by atoms with Crippen molar-refractivity contribution in [1.29, 1.82) is 0 Å². The number of pyridine rings is 2. The van der Waals surface area contributed by atoms with Crippen molar-refractivity contribution in [3.8, 4) is 45.5 Å². The van der Waals surface area contributed by atoms with Crippen molar-refractivity contribution in [2.24, 2.45) is 0 Å². The van der Waals surface area contributed by atoms with Gasteiger partial charge >= 0.3 is 0 Å². The number of nitrogens with zero attached hydrogens (tertiary/aromatic N) is 6. The van der Waals surface area contributed by atoms with E-state index in [0.717, 1.165) is 45.2 Å². The summed E-state index contributed by atoms with van der Waals surface area (Å²) in [5, 5.41) is 6.05. The first-order valence-corrected chi connectivity index (χ1v) is 16.6. The van der Waals surface area contributed by atoms with Gasteiger partial charge in [0, 0.05) is 57.1 Å². The zero-order chi connectivity index (χ0) is 33.0. The van der Waals surface area contributed by atoms with E-state index < -0.39 is 0 Å². The van der Waals surface area contributed by atoms with Crippen LogP contribution in [-0.4, -0.2) is 29.1 Å². The van der Waals surface area contributed by atoms with Crippen molar-refractivity contribution in [1.82, 2.24) is 29.1 Å². The summed E-state index contributed by atoms with van der Waals surface area (Å²) in [4.78, 5) is 19.3. The maximum Gasteiger partial charge on any atom is 0.160 e.